The van der Waals surface area contributed by atoms with E-state index in [-0.39, 0.29) is 11.6 Å². The Hall–Kier alpha value is -1.57. The summed E-state index contributed by atoms with van der Waals surface area (Å²) >= 11 is 0. The second-order valence-electron chi connectivity index (χ2n) is 4.87. The van der Waals surface area contributed by atoms with E-state index in [0.717, 1.165) is 13.0 Å². The van der Waals surface area contributed by atoms with Gasteiger partial charge in [-0.2, -0.15) is 13.2 Å². The zero-order valence-electron chi connectivity index (χ0n) is 12.8. The summed E-state index contributed by atoms with van der Waals surface area (Å²) in [4.78, 5) is 9.06. The monoisotopic (exact) mass is 305 g/mol. The van der Waals surface area contributed by atoms with Crippen molar-refractivity contribution in [3.63, 3.8) is 0 Å². The highest BCUT2D eigenvalue weighted by atomic mass is 19.4. The lowest BCUT2D eigenvalue weighted by atomic mass is 10.2. The maximum Gasteiger partial charge on any atom is 0.451 e. The van der Waals surface area contributed by atoms with Crippen LogP contribution in [0.1, 0.15) is 26.1 Å². The smallest absolute Gasteiger partial charge is 0.373 e. The Morgan fingerprint density at radius 3 is 2.43 bits per heavy atom. The van der Waals surface area contributed by atoms with Crippen LogP contribution in [-0.4, -0.2) is 48.1 Å². The summed E-state index contributed by atoms with van der Waals surface area (Å²) in [5, 5.41) is 5.51. The molecule has 0 aromatic carbocycles. The van der Waals surface area contributed by atoms with Crippen LogP contribution in [-0.2, 0) is 6.18 Å². The van der Waals surface area contributed by atoms with Crippen molar-refractivity contribution in [1.29, 1.82) is 0 Å². The zero-order valence-corrected chi connectivity index (χ0v) is 12.8. The summed E-state index contributed by atoms with van der Waals surface area (Å²) in [6.07, 6.45) is -3.54. The Balaban J connectivity index is 2.71. The second kappa shape index (κ2) is 7.44. The predicted molar refractivity (Wildman–Crippen MR) is 77.5 cm³/mol. The van der Waals surface area contributed by atoms with Gasteiger partial charge in [-0.1, -0.05) is 6.92 Å². The van der Waals surface area contributed by atoms with Crippen LogP contribution in [0.5, 0.6) is 0 Å². The number of aromatic nitrogens is 2. The van der Waals surface area contributed by atoms with Gasteiger partial charge in [0.2, 0.25) is 5.82 Å². The fraction of sp³-hybridized carbons (Fsp3) is 0.692. The van der Waals surface area contributed by atoms with Crippen molar-refractivity contribution in [2.45, 2.75) is 32.5 Å². The first-order chi connectivity index (χ1) is 9.77. The Morgan fingerprint density at radius 1 is 1.29 bits per heavy atom. The molecule has 21 heavy (non-hydrogen) atoms. The van der Waals surface area contributed by atoms with Crippen molar-refractivity contribution in [2.75, 3.05) is 37.8 Å². The first-order valence-corrected chi connectivity index (χ1v) is 6.86. The Kier molecular flexibility index (Phi) is 6.19. The van der Waals surface area contributed by atoms with Gasteiger partial charge in [-0.05, 0) is 20.4 Å². The molecule has 1 rings (SSSR count). The third kappa shape index (κ3) is 5.37. The molecule has 0 radical (unpaired) electrons. The van der Waals surface area contributed by atoms with E-state index in [1.807, 2.05) is 7.05 Å². The molecule has 0 amide bonds. The number of alkyl halides is 3. The van der Waals surface area contributed by atoms with Gasteiger partial charge in [-0.15, -0.1) is 0 Å². The molecule has 0 aliphatic heterocycles. The maximum absolute atomic E-state index is 12.7. The van der Waals surface area contributed by atoms with Crippen LogP contribution >= 0.6 is 0 Å². The molecule has 0 saturated heterocycles. The van der Waals surface area contributed by atoms with Crippen molar-refractivity contribution in [3.05, 3.63) is 11.9 Å². The minimum Gasteiger partial charge on any atom is -0.373 e. The van der Waals surface area contributed by atoms with E-state index < -0.39 is 12.0 Å². The molecule has 1 aromatic heterocycles. The molecule has 1 aromatic rings. The SMILES string of the molecule is CCC(C)N(C)CCNc1cc(NC)nc(C(F)(F)F)n1. The molecule has 5 nitrogen and oxygen atoms in total. The summed E-state index contributed by atoms with van der Waals surface area (Å²) < 4.78 is 38.1. The van der Waals surface area contributed by atoms with E-state index in [1.54, 1.807) is 0 Å². The lowest BCUT2D eigenvalue weighted by Gasteiger charge is -2.23. The molecular formula is C13H22F3N5. The van der Waals surface area contributed by atoms with Crippen LogP contribution in [0.3, 0.4) is 0 Å². The van der Waals surface area contributed by atoms with E-state index in [4.69, 9.17) is 0 Å². The van der Waals surface area contributed by atoms with Crippen molar-refractivity contribution >= 4 is 11.6 Å². The molecule has 0 aliphatic rings. The molecule has 0 saturated carbocycles. The molecule has 8 heteroatoms. The average Bonchev–Trinajstić information content (AvgIpc) is 2.44. The standard InChI is InChI=1S/C13H22F3N5/c1-5-9(2)21(4)7-6-18-11-8-10(17-3)19-12(20-11)13(14,15)16/h8-9H,5-7H2,1-4H3,(H2,17,18,19,20). The molecule has 120 valence electrons. The number of halogens is 3. The summed E-state index contributed by atoms with van der Waals surface area (Å²) in [7, 11) is 3.50. The molecule has 1 unspecified atom stereocenters. The van der Waals surface area contributed by atoms with Crippen LogP contribution in [0.25, 0.3) is 0 Å². The highest BCUT2D eigenvalue weighted by molar-refractivity contribution is 5.47. The molecular weight excluding hydrogens is 283 g/mol. The summed E-state index contributed by atoms with van der Waals surface area (Å²) in [5.74, 6) is -0.846. The van der Waals surface area contributed by atoms with Gasteiger partial charge in [0, 0.05) is 32.2 Å². The number of nitrogens with zero attached hydrogens (tertiary/aromatic N) is 3. The first kappa shape index (κ1) is 17.5. The fourth-order valence-corrected chi connectivity index (χ4v) is 1.69. The summed E-state index contributed by atoms with van der Waals surface area (Å²) in [6.45, 7) is 5.42. The zero-order chi connectivity index (χ0) is 16.0. The molecule has 0 spiro atoms. The molecule has 0 aliphatic carbocycles. The number of hydrogen-bond donors (Lipinski definition) is 2. The van der Waals surface area contributed by atoms with E-state index >= 15 is 0 Å². The third-order valence-corrected chi connectivity index (χ3v) is 3.35. The number of likely N-dealkylation sites (N-methyl/N-ethyl adjacent to an activating group) is 1. The van der Waals surface area contributed by atoms with Gasteiger partial charge >= 0.3 is 6.18 Å². The van der Waals surface area contributed by atoms with E-state index in [2.05, 4.69) is 39.3 Å². The van der Waals surface area contributed by atoms with E-state index in [1.165, 1.54) is 13.1 Å². The van der Waals surface area contributed by atoms with Crippen LogP contribution in [0, 0.1) is 0 Å². The second-order valence-corrected chi connectivity index (χ2v) is 4.87. The minimum absolute atomic E-state index is 0.134. The number of rotatable bonds is 7. The van der Waals surface area contributed by atoms with Gasteiger partial charge in [0.15, 0.2) is 0 Å². The van der Waals surface area contributed by atoms with Gasteiger partial charge in [0.05, 0.1) is 0 Å². The van der Waals surface area contributed by atoms with Gasteiger partial charge < -0.3 is 15.5 Å². The maximum atomic E-state index is 12.7. The number of hydrogen-bond acceptors (Lipinski definition) is 5. The summed E-state index contributed by atoms with van der Waals surface area (Å²) in [5.41, 5.74) is 0. The molecule has 2 N–H and O–H groups in total. The topological polar surface area (TPSA) is 53.1 Å². The molecule has 0 bridgehead atoms. The quantitative estimate of drug-likeness (QED) is 0.811. The predicted octanol–water partition coefficient (Wildman–Crippen LogP) is 2.68. The van der Waals surface area contributed by atoms with Crippen LogP contribution in [0.15, 0.2) is 6.07 Å². The average molecular weight is 305 g/mol. The van der Waals surface area contributed by atoms with Gasteiger partial charge in [-0.25, -0.2) is 9.97 Å². The largest absolute Gasteiger partial charge is 0.451 e. The van der Waals surface area contributed by atoms with Crippen molar-refractivity contribution in [2.24, 2.45) is 0 Å². The number of anilines is 2. The highest BCUT2D eigenvalue weighted by Gasteiger charge is 2.35. The van der Waals surface area contributed by atoms with Crippen LogP contribution in [0.2, 0.25) is 0 Å². The van der Waals surface area contributed by atoms with Crippen molar-refractivity contribution < 1.29 is 13.2 Å². The van der Waals surface area contributed by atoms with Gasteiger partial charge in [0.25, 0.3) is 0 Å². The normalized spacial score (nSPS) is 13.3. The van der Waals surface area contributed by atoms with E-state index in [9.17, 15) is 13.2 Å². The minimum atomic E-state index is -4.56. The van der Waals surface area contributed by atoms with E-state index in [0.29, 0.717) is 12.6 Å². The van der Waals surface area contributed by atoms with Crippen molar-refractivity contribution in [1.82, 2.24) is 14.9 Å². The lowest BCUT2D eigenvalue weighted by molar-refractivity contribution is -0.144. The Morgan fingerprint density at radius 2 is 1.90 bits per heavy atom. The van der Waals surface area contributed by atoms with Crippen molar-refractivity contribution in [3.8, 4) is 0 Å². The number of nitrogens with one attached hydrogen (secondary N) is 2. The Labute approximate surface area is 123 Å². The van der Waals surface area contributed by atoms with Gasteiger partial charge in [-0.3, -0.25) is 0 Å². The van der Waals surface area contributed by atoms with Crippen LogP contribution in [0.4, 0.5) is 24.8 Å². The lowest BCUT2D eigenvalue weighted by Crippen LogP contribution is -2.32. The summed E-state index contributed by atoms with van der Waals surface area (Å²) in [6, 6.07) is 1.88. The van der Waals surface area contributed by atoms with Gasteiger partial charge in [0.1, 0.15) is 11.6 Å². The third-order valence-electron chi connectivity index (χ3n) is 3.35. The molecule has 1 heterocycles. The molecule has 0 fully saturated rings. The highest BCUT2D eigenvalue weighted by Crippen LogP contribution is 2.28. The Bertz CT molecular complexity index is 450. The molecule has 1 atom stereocenters. The van der Waals surface area contributed by atoms with Crippen LogP contribution < -0.4 is 10.6 Å². The first-order valence-electron chi connectivity index (χ1n) is 6.86. The fourth-order valence-electron chi connectivity index (χ4n) is 1.69.